The van der Waals surface area contributed by atoms with Crippen LogP contribution in [0.15, 0.2) is 59.5 Å². The summed E-state index contributed by atoms with van der Waals surface area (Å²) in [7, 11) is 0. The number of Topliss-reactive ketones (excluding diaryl/α,β-unsaturated/α-hetero) is 1. The van der Waals surface area contributed by atoms with Crippen molar-refractivity contribution in [3.8, 4) is 0 Å². The number of aryl methyl sites for hydroxylation is 1. The lowest BCUT2D eigenvalue weighted by Crippen LogP contribution is -2.24. The second kappa shape index (κ2) is 6.75. The van der Waals surface area contributed by atoms with E-state index < -0.39 is 11.6 Å². The molecule has 0 aliphatic carbocycles. The van der Waals surface area contributed by atoms with E-state index in [4.69, 9.17) is 0 Å². The fraction of sp³-hybridized carbons (Fsp3) is 0.150. The monoisotopic (exact) mass is 367 g/mol. The molecule has 27 heavy (non-hydrogen) atoms. The van der Waals surface area contributed by atoms with Gasteiger partial charge in [-0.15, -0.1) is 0 Å². The topological polar surface area (TPSA) is 56.4 Å². The predicted molar refractivity (Wildman–Crippen MR) is 96.6 cm³/mol. The van der Waals surface area contributed by atoms with Gasteiger partial charge < -0.3 is 4.57 Å². The molecule has 0 radical (unpaired) electrons. The standard InChI is InChI=1S/C20H15F2N3O2/c21-14-5-6-17-19(12-14)24(20(27)18-7-9-23-25(17)18)10-8-15(26)11-13-3-1-2-4-16(13)22/h1-7,9,12H,8,10-11H2. The summed E-state index contributed by atoms with van der Waals surface area (Å²) in [5, 5.41) is 4.11. The van der Waals surface area contributed by atoms with Crippen molar-refractivity contribution in [2.75, 3.05) is 0 Å². The van der Waals surface area contributed by atoms with E-state index in [0.717, 1.165) is 0 Å². The summed E-state index contributed by atoms with van der Waals surface area (Å²) in [6.45, 7) is 0.0771. The molecule has 0 unspecified atom stereocenters. The first-order valence-electron chi connectivity index (χ1n) is 8.45. The Hall–Kier alpha value is -3.35. The molecule has 0 spiro atoms. The second-order valence-electron chi connectivity index (χ2n) is 6.27. The highest BCUT2D eigenvalue weighted by Gasteiger charge is 2.14. The molecule has 7 heteroatoms. The fourth-order valence-corrected chi connectivity index (χ4v) is 3.20. The summed E-state index contributed by atoms with van der Waals surface area (Å²) in [6.07, 6.45) is 1.47. The van der Waals surface area contributed by atoms with Crippen LogP contribution in [0, 0.1) is 11.6 Å². The summed E-state index contributed by atoms with van der Waals surface area (Å²) in [4.78, 5) is 25.0. The van der Waals surface area contributed by atoms with Crippen LogP contribution < -0.4 is 5.56 Å². The van der Waals surface area contributed by atoms with E-state index >= 15 is 0 Å². The minimum atomic E-state index is -0.486. The number of fused-ring (bicyclic) bond motifs is 3. The van der Waals surface area contributed by atoms with Crippen molar-refractivity contribution in [3.05, 3.63) is 82.3 Å². The third-order valence-electron chi connectivity index (χ3n) is 4.52. The Morgan fingerprint density at radius 1 is 1.00 bits per heavy atom. The van der Waals surface area contributed by atoms with E-state index in [1.165, 1.54) is 33.5 Å². The number of carbonyl (C=O) groups excluding carboxylic acids is 1. The molecule has 0 saturated heterocycles. The van der Waals surface area contributed by atoms with Gasteiger partial charge in [0.2, 0.25) is 0 Å². The molecule has 0 fully saturated rings. The highest BCUT2D eigenvalue weighted by atomic mass is 19.1. The van der Waals surface area contributed by atoms with E-state index in [2.05, 4.69) is 5.10 Å². The Labute approximate surface area is 152 Å². The van der Waals surface area contributed by atoms with Crippen LogP contribution in [0.3, 0.4) is 0 Å². The molecule has 0 aliphatic rings. The predicted octanol–water partition coefficient (Wildman–Crippen LogP) is 3.13. The Bertz CT molecular complexity index is 1230. The largest absolute Gasteiger partial charge is 0.304 e. The molecule has 0 atom stereocenters. The molecule has 0 amide bonds. The van der Waals surface area contributed by atoms with Crippen molar-refractivity contribution in [3.63, 3.8) is 0 Å². The van der Waals surface area contributed by atoms with E-state index in [1.54, 1.807) is 30.3 Å². The molecular weight excluding hydrogens is 352 g/mol. The summed E-state index contributed by atoms with van der Waals surface area (Å²) in [5.74, 6) is -1.12. The molecule has 4 aromatic rings. The van der Waals surface area contributed by atoms with Crippen molar-refractivity contribution in [2.24, 2.45) is 0 Å². The molecular formula is C20H15F2N3O2. The Morgan fingerprint density at radius 2 is 1.81 bits per heavy atom. The molecule has 136 valence electrons. The minimum Gasteiger partial charge on any atom is -0.304 e. The first-order chi connectivity index (χ1) is 13.0. The number of hydrogen-bond donors (Lipinski definition) is 0. The average Bonchev–Trinajstić information content (AvgIpc) is 3.13. The third kappa shape index (κ3) is 3.12. The van der Waals surface area contributed by atoms with Gasteiger partial charge >= 0.3 is 0 Å². The highest BCUT2D eigenvalue weighted by molar-refractivity contribution is 5.82. The van der Waals surface area contributed by atoms with Gasteiger partial charge in [0.25, 0.3) is 5.56 Å². The van der Waals surface area contributed by atoms with Gasteiger partial charge in [-0.2, -0.15) is 5.10 Å². The molecule has 0 N–H and O–H groups in total. The molecule has 2 aromatic carbocycles. The van der Waals surface area contributed by atoms with Gasteiger partial charge in [0, 0.05) is 19.4 Å². The van der Waals surface area contributed by atoms with Crippen LogP contribution in [0.5, 0.6) is 0 Å². The van der Waals surface area contributed by atoms with Gasteiger partial charge in [-0.1, -0.05) is 18.2 Å². The number of aromatic nitrogens is 3. The Balaban J connectivity index is 1.67. The zero-order valence-corrected chi connectivity index (χ0v) is 14.2. The smallest absolute Gasteiger partial charge is 0.277 e. The van der Waals surface area contributed by atoms with Crippen molar-refractivity contribution >= 4 is 22.3 Å². The van der Waals surface area contributed by atoms with Crippen LogP contribution in [0.1, 0.15) is 12.0 Å². The molecule has 2 heterocycles. The summed E-state index contributed by atoms with van der Waals surface area (Å²) in [6, 6.07) is 11.7. The molecule has 5 nitrogen and oxygen atoms in total. The maximum absolute atomic E-state index is 13.8. The summed E-state index contributed by atoms with van der Waals surface area (Å²) < 4.78 is 30.3. The normalized spacial score (nSPS) is 11.3. The lowest BCUT2D eigenvalue weighted by Gasteiger charge is -2.12. The summed E-state index contributed by atoms with van der Waals surface area (Å²) >= 11 is 0. The third-order valence-corrected chi connectivity index (χ3v) is 4.52. The van der Waals surface area contributed by atoms with Crippen LogP contribution in [-0.4, -0.2) is 20.0 Å². The number of nitrogens with zero attached hydrogens (tertiary/aromatic N) is 3. The first-order valence-corrected chi connectivity index (χ1v) is 8.45. The quantitative estimate of drug-likeness (QED) is 0.545. The lowest BCUT2D eigenvalue weighted by molar-refractivity contribution is -0.118. The fourth-order valence-electron chi connectivity index (χ4n) is 3.20. The minimum absolute atomic E-state index is 0.0319. The van der Waals surface area contributed by atoms with Crippen LogP contribution in [0.4, 0.5) is 8.78 Å². The number of ketones is 1. The van der Waals surface area contributed by atoms with Gasteiger partial charge in [0.15, 0.2) is 0 Å². The van der Waals surface area contributed by atoms with Crippen molar-refractivity contribution in [1.29, 1.82) is 0 Å². The van der Waals surface area contributed by atoms with E-state index in [-0.39, 0.29) is 30.7 Å². The van der Waals surface area contributed by atoms with Gasteiger partial charge in [-0.3, -0.25) is 9.59 Å². The van der Waals surface area contributed by atoms with Crippen LogP contribution >= 0.6 is 0 Å². The molecule has 0 saturated carbocycles. The summed E-state index contributed by atoms with van der Waals surface area (Å²) in [5.41, 5.74) is 1.23. The number of rotatable bonds is 5. The zero-order valence-electron chi connectivity index (χ0n) is 14.2. The van der Waals surface area contributed by atoms with Crippen molar-refractivity contribution < 1.29 is 13.6 Å². The molecule has 4 rings (SSSR count). The zero-order chi connectivity index (χ0) is 19.0. The number of benzene rings is 2. The van der Waals surface area contributed by atoms with E-state index in [9.17, 15) is 18.4 Å². The van der Waals surface area contributed by atoms with Gasteiger partial charge in [-0.05, 0) is 35.9 Å². The molecule has 0 aliphatic heterocycles. The number of carbonyl (C=O) groups is 1. The Kier molecular flexibility index (Phi) is 4.27. The highest BCUT2D eigenvalue weighted by Crippen LogP contribution is 2.16. The first kappa shape index (κ1) is 17.1. The Morgan fingerprint density at radius 3 is 2.63 bits per heavy atom. The van der Waals surface area contributed by atoms with E-state index in [1.807, 2.05) is 0 Å². The maximum Gasteiger partial charge on any atom is 0.277 e. The molecule has 2 aromatic heterocycles. The van der Waals surface area contributed by atoms with Crippen LogP contribution in [0.25, 0.3) is 16.6 Å². The van der Waals surface area contributed by atoms with Gasteiger partial charge in [-0.25, -0.2) is 13.3 Å². The molecule has 0 bridgehead atoms. The number of hydrogen-bond acceptors (Lipinski definition) is 3. The van der Waals surface area contributed by atoms with Crippen LogP contribution in [0.2, 0.25) is 0 Å². The number of halogens is 2. The van der Waals surface area contributed by atoms with Gasteiger partial charge in [0.05, 0.1) is 17.2 Å². The van der Waals surface area contributed by atoms with Crippen molar-refractivity contribution in [2.45, 2.75) is 19.4 Å². The van der Waals surface area contributed by atoms with Crippen LogP contribution in [-0.2, 0) is 17.8 Å². The lowest BCUT2D eigenvalue weighted by atomic mass is 10.1. The average molecular weight is 367 g/mol. The SMILES string of the molecule is O=C(CCn1c(=O)c2ccnn2c2ccc(F)cc21)Cc1ccccc1F. The van der Waals surface area contributed by atoms with E-state index in [0.29, 0.717) is 22.1 Å². The van der Waals surface area contributed by atoms with Gasteiger partial charge in [0.1, 0.15) is 22.9 Å². The second-order valence-corrected chi connectivity index (χ2v) is 6.27. The maximum atomic E-state index is 13.8. The van der Waals surface area contributed by atoms with Crippen molar-refractivity contribution in [1.82, 2.24) is 14.2 Å².